The second-order valence-corrected chi connectivity index (χ2v) is 5.56. The molecule has 1 aliphatic carbocycles. The van der Waals surface area contributed by atoms with E-state index < -0.39 is 0 Å². The quantitative estimate of drug-likeness (QED) is 0.713. The normalized spacial score (nSPS) is 19.9. The Kier molecular flexibility index (Phi) is 5.81. The molecule has 0 bridgehead atoms. The van der Waals surface area contributed by atoms with Crippen LogP contribution in [0.3, 0.4) is 0 Å². The molecule has 1 rings (SSSR count). The van der Waals surface area contributed by atoms with E-state index in [0.29, 0.717) is 0 Å². The lowest BCUT2D eigenvalue weighted by molar-refractivity contribution is -0.128. The van der Waals surface area contributed by atoms with Crippen LogP contribution in [0.25, 0.3) is 0 Å². The Labute approximate surface area is 108 Å². The van der Waals surface area contributed by atoms with Gasteiger partial charge in [-0.1, -0.05) is 42.6 Å². The van der Waals surface area contributed by atoms with E-state index in [1.54, 1.807) is 0 Å². The van der Waals surface area contributed by atoms with Crippen molar-refractivity contribution in [1.82, 2.24) is 5.32 Å². The molecule has 1 atom stereocenters. The standard InChI is InChI=1S/C13H24BrNO/c1-3-5-7-11(4-2)12(16)15-13(10-14)8-6-9-13/h11H,3-10H2,1-2H3,(H,15,16). The SMILES string of the molecule is CCCCC(CC)C(=O)NC1(CBr)CCC1. The molecule has 0 aromatic rings. The molecule has 1 amide bonds. The summed E-state index contributed by atoms with van der Waals surface area (Å²) in [6, 6.07) is 0. The predicted octanol–water partition coefficient (Wildman–Crippen LogP) is 3.64. The van der Waals surface area contributed by atoms with E-state index in [4.69, 9.17) is 0 Å². The van der Waals surface area contributed by atoms with E-state index in [2.05, 4.69) is 35.1 Å². The average molecular weight is 290 g/mol. The van der Waals surface area contributed by atoms with Crippen molar-refractivity contribution in [3.8, 4) is 0 Å². The van der Waals surface area contributed by atoms with Crippen LogP contribution >= 0.6 is 15.9 Å². The summed E-state index contributed by atoms with van der Waals surface area (Å²) in [6.45, 7) is 4.29. The van der Waals surface area contributed by atoms with Gasteiger partial charge < -0.3 is 5.32 Å². The van der Waals surface area contributed by atoms with Gasteiger partial charge in [0.2, 0.25) is 5.91 Å². The van der Waals surface area contributed by atoms with E-state index in [0.717, 1.165) is 37.4 Å². The first-order chi connectivity index (χ1) is 7.67. The first-order valence-corrected chi connectivity index (χ1v) is 7.67. The highest BCUT2D eigenvalue weighted by Crippen LogP contribution is 2.34. The van der Waals surface area contributed by atoms with Crippen molar-refractivity contribution in [3.05, 3.63) is 0 Å². The highest BCUT2D eigenvalue weighted by atomic mass is 79.9. The second kappa shape index (κ2) is 6.63. The third-order valence-electron chi connectivity index (χ3n) is 3.72. The summed E-state index contributed by atoms with van der Waals surface area (Å²) >= 11 is 3.52. The number of amides is 1. The molecule has 2 nitrogen and oxygen atoms in total. The second-order valence-electron chi connectivity index (χ2n) is 5.00. The zero-order chi connectivity index (χ0) is 12.0. The summed E-state index contributed by atoms with van der Waals surface area (Å²) in [6.07, 6.45) is 7.85. The van der Waals surface area contributed by atoms with Crippen molar-refractivity contribution in [2.45, 2.75) is 64.3 Å². The Balaban J connectivity index is 2.42. The highest BCUT2D eigenvalue weighted by molar-refractivity contribution is 9.09. The van der Waals surface area contributed by atoms with E-state index in [1.807, 2.05) is 0 Å². The molecule has 0 saturated heterocycles. The molecule has 1 N–H and O–H groups in total. The molecule has 0 spiro atoms. The van der Waals surface area contributed by atoms with Crippen LogP contribution in [0.1, 0.15) is 58.8 Å². The maximum Gasteiger partial charge on any atom is 0.223 e. The fourth-order valence-corrected chi connectivity index (χ4v) is 2.93. The molecule has 1 aliphatic rings. The van der Waals surface area contributed by atoms with Crippen molar-refractivity contribution < 1.29 is 4.79 Å². The Hall–Kier alpha value is -0.0500. The van der Waals surface area contributed by atoms with Crippen molar-refractivity contribution in [3.63, 3.8) is 0 Å². The summed E-state index contributed by atoms with van der Waals surface area (Å²) < 4.78 is 0. The van der Waals surface area contributed by atoms with Gasteiger partial charge in [-0.3, -0.25) is 4.79 Å². The van der Waals surface area contributed by atoms with Gasteiger partial charge in [0.15, 0.2) is 0 Å². The number of nitrogens with one attached hydrogen (secondary N) is 1. The van der Waals surface area contributed by atoms with Crippen molar-refractivity contribution in [2.24, 2.45) is 5.92 Å². The maximum atomic E-state index is 12.1. The van der Waals surface area contributed by atoms with Crippen LogP contribution in [0.5, 0.6) is 0 Å². The minimum absolute atomic E-state index is 0.0801. The summed E-state index contributed by atoms with van der Waals surface area (Å²) in [5.74, 6) is 0.492. The minimum Gasteiger partial charge on any atom is -0.350 e. The van der Waals surface area contributed by atoms with Gasteiger partial charge in [-0.2, -0.15) is 0 Å². The average Bonchev–Trinajstić information content (AvgIpc) is 2.24. The molecular weight excluding hydrogens is 266 g/mol. The molecule has 94 valence electrons. The number of carbonyl (C=O) groups excluding carboxylic acids is 1. The third kappa shape index (κ3) is 3.47. The molecule has 1 fully saturated rings. The maximum absolute atomic E-state index is 12.1. The minimum atomic E-state index is 0.0801. The van der Waals surface area contributed by atoms with Crippen LogP contribution in [0.4, 0.5) is 0 Å². The lowest BCUT2D eigenvalue weighted by atomic mass is 9.78. The molecule has 1 unspecified atom stereocenters. The van der Waals surface area contributed by atoms with Crippen molar-refractivity contribution in [1.29, 1.82) is 0 Å². The molecule has 0 aromatic heterocycles. The highest BCUT2D eigenvalue weighted by Gasteiger charge is 2.38. The van der Waals surface area contributed by atoms with Gasteiger partial charge in [0.05, 0.1) is 0 Å². The lowest BCUT2D eigenvalue weighted by Gasteiger charge is -2.42. The molecule has 0 radical (unpaired) electrons. The molecule has 0 heterocycles. The van der Waals surface area contributed by atoms with Crippen molar-refractivity contribution in [2.75, 3.05) is 5.33 Å². The smallest absolute Gasteiger partial charge is 0.223 e. The summed E-state index contributed by atoms with van der Waals surface area (Å²) in [5.41, 5.74) is 0.0801. The summed E-state index contributed by atoms with van der Waals surface area (Å²) in [4.78, 5) is 12.1. The van der Waals surface area contributed by atoms with Gasteiger partial charge in [-0.15, -0.1) is 0 Å². The van der Waals surface area contributed by atoms with Crippen LogP contribution < -0.4 is 5.32 Å². The van der Waals surface area contributed by atoms with Gasteiger partial charge in [0.25, 0.3) is 0 Å². The topological polar surface area (TPSA) is 29.1 Å². The summed E-state index contributed by atoms with van der Waals surface area (Å²) in [5, 5.41) is 4.15. The zero-order valence-electron chi connectivity index (χ0n) is 10.5. The zero-order valence-corrected chi connectivity index (χ0v) is 12.1. The van der Waals surface area contributed by atoms with Gasteiger partial charge in [-0.25, -0.2) is 0 Å². The van der Waals surface area contributed by atoms with Crippen LogP contribution in [0.15, 0.2) is 0 Å². The van der Waals surface area contributed by atoms with Gasteiger partial charge >= 0.3 is 0 Å². The molecule has 16 heavy (non-hydrogen) atoms. The fourth-order valence-electron chi connectivity index (χ4n) is 2.23. The van der Waals surface area contributed by atoms with E-state index >= 15 is 0 Å². The molecular formula is C13H24BrNO. The Bertz CT molecular complexity index is 220. The van der Waals surface area contributed by atoms with Crippen LogP contribution in [-0.2, 0) is 4.79 Å². The van der Waals surface area contributed by atoms with E-state index in [-0.39, 0.29) is 17.4 Å². The van der Waals surface area contributed by atoms with Crippen LogP contribution in [-0.4, -0.2) is 16.8 Å². The molecule has 0 aliphatic heterocycles. The third-order valence-corrected chi connectivity index (χ3v) is 4.80. The van der Waals surface area contributed by atoms with Crippen LogP contribution in [0.2, 0.25) is 0 Å². The molecule has 0 aromatic carbocycles. The number of unbranched alkanes of at least 4 members (excludes halogenated alkanes) is 1. The number of carbonyl (C=O) groups is 1. The number of hydrogen-bond acceptors (Lipinski definition) is 1. The Morgan fingerprint density at radius 3 is 2.50 bits per heavy atom. The largest absolute Gasteiger partial charge is 0.350 e. The van der Waals surface area contributed by atoms with Gasteiger partial charge in [0.1, 0.15) is 0 Å². The first-order valence-electron chi connectivity index (χ1n) is 6.55. The predicted molar refractivity (Wildman–Crippen MR) is 71.8 cm³/mol. The Morgan fingerprint density at radius 2 is 2.12 bits per heavy atom. The van der Waals surface area contributed by atoms with Gasteiger partial charge in [-0.05, 0) is 32.1 Å². The number of alkyl halides is 1. The van der Waals surface area contributed by atoms with Crippen molar-refractivity contribution >= 4 is 21.8 Å². The van der Waals surface area contributed by atoms with E-state index in [1.165, 1.54) is 12.8 Å². The first kappa shape index (κ1) is 14.0. The fraction of sp³-hybridized carbons (Fsp3) is 0.923. The number of hydrogen-bond donors (Lipinski definition) is 1. The Morgan fingerprint density at radius 1 is 1.44 bits per heavy atom. The number of halogens is 1. The summed E-state index contributed by atoms with van der Waals surface area (Å²) in [7, 11) is 0. The molecule has 1 saturated carbocycles. The monoisotopic (exact) mass is 289 g/mol. The lowest BCUT2D eigenvalue weighted by Crippen LogP contribution is -2.56. The van der Waals surface area contributed by atoms with Gasteiger partial charge in [0, 0.05) is 16.8 Å². The van der Waals surface area contributed by atoms with E-state index in [9.17, 15) is 4.79 Å². The van der Waals surface area contributed by atoms with Crippen LogP contribution in [0, 0.1) is 5.92 Å². The number of rotatable bonds is 7. The molecule has 3 heteroatoms.